The first-order chi connectivity index (χ1) is 11.8. The van der Waals surface area contributed by atoms with Crippen molar-refractivity contribution in [1.29, 1.82) is 0 Å². The Bertz CT molecular complexity index is 768. The highest BCUT2D eigenvalue weighted by atomic mass is 32.2. The van der Waals surface area contributed by atoms with E-state index in [1.165, 1.54) is 7.11 Å². The van der Waals surface area contributed by atoms with Gasteiger partial charge in [0.1, 0.15) is 11.6 Å². The second-order valence-corrected chi connectivity index (χ2v) is 8.69. The molecule has 0 aliphatic rings. The first kappa shape index (κ1) is 21.8. The van der Waals surface area contributed by atoms with Crippen LogP contribution in [0.2, 0.25) is 0 Å². The number of carbonyl (C=O) groups excluding carboxylic acids is 2. The largest absolute Gasteiger partial charge is 0.467 e. The first-order valence-corrected chi connectivity index (χ1v) is 9.84. The van der Waals surface area contributed by atoms with Crippen LogP contribution in [0, 0.1) is 6.92 Å². The van der Waals surface area contributed by atoms with E-state index in [0.717, 1.165) is 11.8 Å². The zero-order chi connectivity index (χ0) is 20.1. The van der Waals surface area contributed by atoms with Crippen LogP contribution < -0.4 is 10.0 Å². The fraction of sp³-hybridized carbons (Fsp3) is 0.529. The summed E-state index contributed by atoms with van der Waals surface area (Å²) in [6.07, 6.45) is 0.432. The van der Waals surface area contributed by atoms with E-state index in [2.05, 4.69) is 10.0 Å². The number of sulfonamides is 1. The Hall–Kier alpha value is -2.29. The summed E-state index contributed by atoms with van der Waals surface area (Å²) in [5.41, 5.74) is 1.18. The molecule has 0 aliphatic heterocycles. The quantitative estimate of drug-likeness (QED) is 0.723. The van der Waals surface area contributed by atoms with Crippen molar-refractivity contribution < 1.29 is 27.5 Å². The first-order valence-electron chi connectivity index (χ1n) is 7.95. The average Bonchev–Trinajstić information content (AvgIpc) is 2.45. The maximum atomic E-state index is 12.0. The van der Waals surface area contributed by atoms with Gasteiger partial charge < -0.3 is 14.8 Å². The highest BCUT2D eigenvalue weighted by Gasteiger charge is 2.26. The SMILES string of the molecule is COC(=O)[C@H](Cc1cc(NS(C)(=O)=O)ccc1C)NC(=O)OC(C)(C)C. The number of hydrogen-bond donors (Lipinski definition) is 2. The minimum atomic E-state index is -3.43. The number of aryl methyl sites for hydroxylation is 1. The van der Waals surface area contributed by atoms with Crippen LogP contribution >= 0.6 is 0 Å². The average molecular weight is 386 g/mol. The van der Waals surface area contributed by atoms with Crippen LogP contribution in [-0.2, 0) is 30.7 Å². The van der Waals surface area contributed by atoms with E-state index in [9.17, 15) is 18.0 Å². The van der Waals surface area contributed by atoms with Crippen LogP contribution in [0.5, 0.6) is 0 Å². The monoisotopic (exact) mass is 386 g/mol. The molecular formula is C17H26N2O6S. The maximum Gasteiger partial charge on any atom is 0.408 e. The van der Waals surface area contributed by atoms with Crippen molar-refractivity contribution in [3.63, 3.8) is 0 Å². The summed E-state index contributed by atoms with van der Waals surface area (Å²) < 4.78 is 35.1. The van der Waals surface area contributed by atoms with Crippen LogP contribution in [0.1, 0.15) is 31.9 Å². The third kappa shape index (κ3) is 7.73. The molecule has 1 atom stereocenters. The highest BCUT2D eigenvalue weighted by Crippen LogP contribution is 2.18. The van der Waals surface area contributed by atoms with Crippen molar-refractivity contribution in [2.75, 3.05) is 18.1 Å². The van der Waals surface area contributed by atoms with Gasteiger partial charge in [-0.3, -0.25) is 4.72 Å². The topological polar surface area (TPSA) is 111 Å². The molecule has 8 nitrogen and oxygen atoms in total. The van der Waals surface area contributed by atoms with Crippen molar-refractivity contribution in [3.05, 3.63) is 29.3 Å². The van der Waals surface area contributed by atoms with E-state index in [4.69, 9.17) is 9.47 Å². The minimum Gasteiger partial charge on any atom is -0.467 e. The van der Waals surface area contributed by atoms with E-state index in [1.807, 2.05) is 6.92 Å². The second kappa shape index (κ2) is 8.39. The molecule has 0 heterocycles. The molecule has 0 fully saturated rings. The number of amides is 1. The molecule has 0 spiro atoms. The molecule has 0 aliphatic carbocycles. The summed E-state index contributed by atoms with van der Waals surface area (Å²) >= 11 is 0. The number of benzene rings is 1. The second-order valence-electron chi connectivity index (χ2n) is 6.94. The van der Waals surface area contributed by atoms with E-state index in [1.54, 1.807) is 39.0 Å². The molecule has 0 saturated heterocycles. The molecular weight excluding hydrogens is 360 g/mol. The predicted octanol–water partition coefficient (Wildman–Crippen LogP) is 1.98. The third-order valence-electron chi connectivity index (χ3n) is 3.25. The number of carbonyl (C=O) groups is 2. The Morgan fingerprint density at radius 3 is 2.35 bits per heavy atom. The molecule has 0 unspecified atom stereocenters. The Morgan fingerprint density at radius 2 is 1.85 bits per heavy atom. The van der Waals surface area contributed by atoms with E-state index in [-0.39, 0.29) is 6.42 Å². The van der Waals surface area contributed by atoms with Crippen LogP contribution in [0.3, 0.4) is 0 Å². The number of nitrogens with one attached hydrogen (secondary N) is 2. The normalized spacial score (nSPS) is 12.8. The van der Waals surface area contributed by atoms with Crippen molar-refractivity contribution >= 4 is 27.8 Å². The Morgan fingerprint density at radius 1 is 1.23 bits per heavy atom. The van der Waals surface area contributed by atoms with Gasteiger partial charge in [0.2, 0.25) is 10.0 Å². The lowest BCUT2D eigenvalue weighted by Gasteiger charge is -2.23. The van der Waals surface area contributed by atoms with Crippen LogP contribution in [0.15, 0.2) is 18.2 Å². The molecule has 1 aromatic carbocycles. The number of anilines is 1. The van der Waals surface area contributed by atoms with Gasteiger partial charge >= 0.3 is 12.1 Å². The van der Waals surface area contributed by atoms with Crippen molar-refractivity contribution in [2.24, 2.45) is 0 Å². The molecule has 0 radical (unpaired) electrons. The number of hydrogen-bond acceptors (Lipinski definition) is 6. The summed E-state index contributed by atoms with van der Waals surface area (Å²) in [6.45, 7) is 6.96. The lowest BCUT2D eigenvalue weighted by atomic mass is 10.0. The number of esters is 1. The highest BCUT2D eigenvalue weighted by molar-refractivity contribution is 7.92. The van der Waals surface area contributed by atoms with E-state index < -0.39 is 33.7 Å². The molecule has 26 heavy (non-hydrogen) atoms. The van der Waals surface area contributed by atoms with Crippen LogP contribution in [0.4, 0.5) is 10.5 Å². The lowest BCUT2D eigenvalue weighted by molar-refractivity contribution is -0.143. The Labute approximate surface area is 154 Å². The summed E-state index contributed by atoms with van der Waals surface area (Å²) in [5.74, 6) is -0.628. The number of methoxy groups -OCH3 is 1. The van der Waals surface area contributed by atoms with Gasteiger partial charge in [0.15, 0.2) is 0 Å². The fourth-order valence-corrected chi connectivity index (χ4v) is 2.73. The lowest BCUT2D eigenvalue weighted by Crippen LogP contribution is -2.45. The van der Waals surface area contributed by atoms with Crippen molar-refractivity contribution in [2.45, 2.75) is 45.8 Å². The van der Waals surface area contributed by atoms with Crippen LogP contribution in [0.25, 0.3) is 0 Å². The maximum absolute atomic E-state index is 12.0. The van der Waals surface area contributed by atoms with Gasteiger partial charge in [-0.2, -0.15) is 0 Å². The van der Waals surface area contributed by atoms with E-state index in [0.29, 0.717) is 11.3 Å². The Balaban J connectivity index is 3.02. The van der Waals surface area contributed by atoms with Gasteiger partial charge in [0.05, 0.1) is 13.4 Å². The standard InChI is InChI=1S/C17H26N2O6S/c1-11-7-8-13(19-26(6,22)23)9-12(11)10-14(15(20)24-5)18-16(21)25-17(2,3)4/h7-9,14,19H,10H2,1-6H3,(H,18,21)/t14-/m0/s1. The molecule has 146 valence electrons. The fourth-order valence-electron chi connectivity index (χ4n) is 2.17. The van der Waals surface area contributed by atoms with Crippen LogP contribution in [-0.4, -0.2) is 45.5 Å². The smallest absolute Gasteiger partial charge is 0.408 e. The molecule has 0 saturated carbocycles. The van der Waals surface area contributed by atoms with Gasteiger partial charge in [0, 0.05) is 12.1 Å². The summed E-state index contributed by atoms with van der Waals surface area (Å²) in [7, 11) is -2.20. The summed E-state index contributed by atoms with van der Waals surface area (Å²) in [5, 5.41) is 2.49. The zero-order valence-electron chi connectivity index (χ0n) is 15.9. The molecule has 0 aromatic heterocycles. The third-order valence-corrected chi connectivity index (χ3v) is 3.86. The van der Waals surface area contributed by atoms with E-state index >= 15 is 0 Å². The number of rotatable bonds is 6. The van der Waals surface area contributed by atoms with Crippen molar-refractivity contribution in [1.82, 2.24) is 5.32 Å². The molecule has 1 aromatic rings. The van der Waals surface area contributed by atoms with Gasteiger partial charge in [0.25, 0.3) is 0 Å². The molecule has 1 amide bonds. The van der Waals surface area contributed by atoms with Gasteiger partial charge in [-0.15, -0.1) is 0 Å². The summed E-state index contributed by atoms with van der Waals surface area (Å²) in [4.78, 5) is 24.0. The molecule has 2 N–H and O–H groups in total. The van der Waals surface area contributed by atoms with Crippen molar-refractivity contribution in [3.8, 4) is 0 Å². The summed E-state index contributed by atoms with van der Waals surface area (Å²) in [6, 6.07) is 3.99. The van der Waals surface area contributed by atoms with Gasteiger partial charge in [-0.05, 0) is 51.0 Å². The minimum absolute atomic E-state index is 0.122. The molecule has 1 rings (SSSR count). The molecule has 0 bridgehead atoms. The Kier molecular flexibility index (Phi) is 7.02. The number of ether oxygens (including phenoxy) is 2. The zero-order valence-corrected chi connectivity index (χ0v) is 16.7. The molecule has 9 heteroatoms. The van der Waals surface area contributed by atoms with Gasteiger partial charge in [-0.25, -0.2) is 18.0 Å². The number of alkyl carbamates (subject to hydrolysis) is 1. The predicted molar refractivity (Wildman–Crippen MR) is 98.5 cm³/mol. The van der Waals surface area contributed by atoms with Gasteiger partial charge in [-0.1, -0.05) is 6.07 Å².